The number of Topliss-reactive ketones (excluding diaryl/α,β-unsaturated/α-hetero) is 1. The molecule has 0 fully saturated rings. The van der Waals surface area contributed by atoms with Gasteiger partial charge in [-0.3, -0.25) is 9.20 Å². The third-order valence-electron chi connectivity index (χ3n) is 3.79. The lowest BCUT2D eigenvalue weighted by Gasteiger charge is -2.08. The van der Waals surface area contributed by atoms with E-state index in [2.05, 4.69) is 15.2 Å². The molecule has 4 rings (SSSR count). The zero-order valence-electron chi connectivity index (χ0n) is 12.4. The number of rotatable bonds is 4. The van der Waals surface area contributed by atoms with E-state index in [9.17, 15) is 4.79 Å². The molecule has 3 aromatic heterocycles. The molecule has 0 aliphatic heterocycles. The Kier molecular flexibility index (Phi) is 3.38. The molecule has 114 valence electrons. The maximum atomic E-state index is 12.8. The van der Waals surface area contributed by atoms with Gasteiger partial charge in [0.25, 0.3) is 0 Å². The Bertz CT molecular complexity index is 1000. The second-order valence-electron chi connectivity index (χ2n) is 5.28. The van der Waals surface area contributed by atoms with Gasteiger partial charge in [-0.25, -0.2) is 0 Å². The second-order valence-corrected chi connectivity index (χ2v) is 6.59. The number of ketones is 1. The minimum Gasteiger partial charge on any atom is -0.360 e. The van der Waals surface area contributed by atoms with Crippen LogP contribution in [0.5, 0.6) is 0 Å². The van der Waals surface area contributed by atoms with Crippen LogP contribution in [0, 0.1) is 0 Å². The fourth-order valence-electron chi connectivity index (χ4n) is 2.61. The van der Waals surface area contributed by atoms with Crippen LogP contribution in [-0.4, -0.2) is 30.6 Å². The fourth-order valence-corrected chi connectivity index (χ4v) is 3.51. The fraction of sp³-hybridized carbons (Fsp3) is 0.118. The average Bonchev–Trinajstić information content (AvgIpc) is 3.19. The lowest BCUT2D eigenvalue weighted by atomic mass is 10.1. The van der Waals surface area contributed by atoms with Crippen molar-refractivity contribution in [2.24, 2.45) is 0 Å². The summed E-state index contributed by atoms with van der Waals surface area (Å²) in [4.78, 5) is 15.9. The molecule has 0 spiro atoms. The second kappa shape index (κ2) is 5.55. The van der Waals surface area contributed by atoms with Gasteiger partial charge in [0, 0.05) is 28.9 Å². The summed E-state index contributed by atoms with van der Waals surface area (Å²) >= 11 is 1.42. The average molecular weight is 322 g/mol. The van der Waals surface area contributed by atoms with Crippen LogP contribution >= 0.6 is 11.8 Å². The van der Waals surface area contributed by atoms with Crippen molar-refractivity contribution < 1.29 is 4.79 Å². The first-order valence-electron chi connectivity index (χ1n) is 7.31. The smallest absolute Gasteiger partial charge is 0.196 e. The Morgan fingerprint density at radius 2 is 2.00 bits per heavy atom. The number of thioether (sulfide) groups is 1. The number of para-hydroxylation sites is 1. The van der Waals surface area contributed by atoms with Crippen molar-refractivity contribution in [2.75, 3.05) is 0 Å². The van der Waals surface area contributed by atoms with Gasteiger partial charge in [0.15, 0.2) is 16.6 Å². The number of hydrogen-bond acceptors (Lipinski definition) is 4. The van der Waals surface area contributed by atoms with E-state index < -0.39 is 0 Å². The molecule has 1 atom stereocenters. The number of nitrogens with one attached hydrogen (secondary N) is 1. The maximum Gasteiger partial charge on any atom is 0.196 e. The first-order valence-corrected chi connectivity index (χ1v) is 8.19. The molecule has 0 amide bonds. The molecule has 5 nitrogen and oxygen atoms in total. The Morgan fingerprint density at radius 1 is 1.17 bits per heavy atom. The highest BCUT2D eigenvalue weighted by Gasteiger charge is 2.21. The van der Waals surface area contributed by atoms with E-state index in [0.717, 1.165) is 27.3 Å². The summed E-state index contributed by atoms with van der Waals surface area (Å²) in [5.41, 5.74) is 2.47. The molecule has 0 saturated carbocycles. The monoisotopic (exact) mass is 322 g/mol. The molecular formula is C17H14N4OS. The molecule has 4 aromatic rings. The van der Waals surface area contributed by atoms with Gasteiger partial charge in [0.05, 0.1) is 5.25 Å². The van der Waals surface area contributed by atoms with Crippen LogP contribution in [0.15, 0.2) is 60.0 Å². The van der Waals surface area contributed by atoms with Crippen molar-refractivity contribution in [3.8, 4) is 0 Å². The molecule has 0 radical (unpaired) electrons. The van der Waals surface area contributed by atoms with Gasteiger partial charge in [-0.2, -0.15) is 0 Å². The third-order valence-corrected chi connectivity index (χ3v) is 4.85. The predicted molar refractivity (Wildman–Crippen MR) is 90.9 cm³/mol. The van der Waals surface area contributed by atoms with Crippen molar-refractivity contribution in [3.05, 3.63) is 60.4 Å². The molecule has 1 N–H and O–H groups in total. The highest BCUT2D eigenvalue weighted by atomic mass is 32.2. The summed E-state index contributed by atoms with van der Waals surface area (Å²) in [6.45, 7) is 1.90. The number of H-pyrrole nitrogens is 1. The molecule has 6 heteroatoms. The van der Waals surface area contributed by atoms with E-state index in [1.807, 2.05) is 60.0 Å². The summed E-state index contributed by atoms with van der Waals surface area (Å²) in [6.07, 6.45) is 3.69. The first-order chi connectivity index (χ1) is 11.2. The van der Waals surface area contributed by atoms with E-state index in [1.54, 1.807) is 6.20 Å². The van der Waals surface area contributed by atoms with E-state index in [1.165, 1.54) is 11.8 Å². The van der Waals surface area contributed by atoms with Crippen LogP contribution < -0.4 is 0 Å². The molecule has 1 aromatic carbocycles. The van der Waals surface area contributed by atoms with Crippen molar-refractivity contribution in [1.29, 1.82) is 0 Å². The summed E-state index contributed by atoms with van der Waals surface area (Å²) in [5, 5.41) is 9.73. The van der Waals surface area contributed by atoms with Gasteiger partial charge >= 0.3 is 0 Å². The normalized spacial score (nSPS) is 12.7. The van der Waals surface area contributed by atoms with Crippen molar-refractivity contribution in [3.63, 3.8) is 0 Å². The molecule has 0 bridgehead atoms. The lowest BCUT2D eigenvalue weighted by molar-refractivity contribution is 0.0995. The number of nitrogens with zero attached hydrogens (tertiary/aromatic N) is 3. The number of aromatic nitrogens is 4. The quantitative estimate of drug-likeness (QED) is 0.461. The minimum absolute atomic E-state index is 0.0835. The van der Waals surface area contributed by atoms with Crippen LogP contribution in [0.1, 0.15) is 17.3 Å². The Balaban J connectivity index is 1.64. The molecule has 3 heterocycles. The zero-order chi connectivity index (χ0) is 15.8. The van der Waals surface area contributed by atoms with Gasteiger partial charge < -0.3 is 4.98 Å². The standard InChI is InChI=1S/C17H14N4OS/c1-11(23-17-20-19-15-8-4-5-9-21(15)17)16(22)13-10-18-14-7-3-2-6-12(13)14/h2-11,18H,1H3/t11-/m1/s1. The van der Waals surface area contributed by atoms with E-state index in [0.29, 0.717) is 0 Å². The Labute approximate surface area is 136 Å². The molecular weight excluding hydrogens is 308 g/mol. The number of carbonyl (C=O) groups excluding carboxylic acids is 1. The van der Waals surface area contributed by atoms with Crippen molar-refractivity contribution >= 4 is 34.1 Å². The molecule has 0 aliphatic carbocycles. The van der Waals surface area contributed by atoms with Crippen LogP contribution in [0.2, 0.25) is 0 Å². The minimum atomic E-state index is -0.248. The molecule has 23 heavy (non-hydrogen) atoms. The number of fused-ring (bicyclic) bond motifs is 2. The zero-order valence-corrected chi connectivity index (χ0v) is 13.2. The van der Waals surface area contributed by atoms with Crippen molar-refractivity contribution in [1.82, 2.24) is 19.6 Å². The lowest BCUT2D eigenvalue weighted by Crippen LogP contribution is -2.13. The first kappa shape index (κ1) is 14.0. The Morgan fingerprint density at radius 3 is 2.91 bits per heavy atom. The number of carbonyl (C=O) groups is 1. The van der Waals surface area contributed by atoms with Crippen LogP contribution in [-0.2, 0) is 0 Å². The Hall–Kier alpha value is -2.60. The van der Waals surface area contributed by atoms with Gasteiger partial charge in [0.1, 0.15) is 0 Å². The molecule has 0 saturated heterocycles. The third kappa shape index (κ3) is 2.41. The number of aromatic amines is 1. The van der Waals surface area contributed by atoms with Gasteiger partial charge in [-0.1, -0.05) is 36.0 Å². The molecule has 0 unspecified atom stereocenters. The van der Waals surface area contributed by atoms with Gasteiger partial charge in [-0.05, 0) is 25.1 Å². The number of benzene rings is 1. The van der Waals surface area contributed by atoms with Crippen LogP contribution in [0.4, 0.5) is 0 Å². The summed E-state index contributed by atoms with van der Waals surface area (Å²) in [7, 11) is 0. The predicted octanol–water partition coefficient (Wildman–Crippen LogP) is 3.57. The van der Waals surface area contributed by atoms with Gasteiger partial charge in [0.2, 0.25) is 0 Å². The summed E-state index contributed by atoms with van der Waals surface area (Å²) in [6, 6.07) is 13.6. The van der Waals surface area contributed by atoms with E-state index >= 15 is 0 Å². The van der Waals surface area contributed by atoms with Crippen molar-refractivity contribution in [2.45, 2.75) is 17.3 Å². The maximum absolute atomic E-state index is 12.8. The van der Waals surface area contributed by atoms with Gasteiger partial charge in [-0.15, -0.1) is 10.2 Å². The number of hydrogen-bond donors (Lipinski definition) is 1. The van der Waals surface area contributed by atoms with E-state index in [4.69, 9.17) is 0 Å². The topological polar surface area (TPSA) is 63.1 Å². The largest absolute Gasteiger partial charge is 0.360 e. The SMILES string of the molecule is C[C@@H](Sc1nnc2ccccn12)C(=O)c1c[nH]c2ccccc12. The highest BCUT2D eigenvalue weighted by molar-refractivity contribution is 8.00. The van der Waals surface area contributed by atoms with E-state index in [-0.39, 0.29) is 11.0 Å². The number of pyridine rings is 1. The van der Waals surface area contributed by atoms with Crippen LogP contribution in [0.3, 0.4) is 0 Å². The summed E-state index contributed by atoms with van der Waals surface area (Å²) < 4.78 is 1.89. The summed E-state index contributed by atoms with van der Waals surface area (Å²) in [5.74, 6) is 0.0835. The highest BCUT2D eigenvalue weighted by Crippen LogP contribution is 2.27. The van der Waals surface area contributed by atoms with Crippen LogP contribution in [0.25, 0.3) is 16.6 Å². The molecule has 0 aliphatic rings.